The summed E-state index contributed by atoms with van der Waals surface area (Å²) in [5.74, 6) is 0.243. The zero-order valence-corrected chi connectivity index (χ0v) is 16.8. The summed E-state index contributed by atoms with van der Waals surface area (Å²) in [5, 5.41) is 14.3. The number of pyridine rings is 1. The minimum absolute atomic E-state index is 0.172. The van der Waals surface area contributed by atoms with Crippen LogP contribution in [0.3, 0.4) is 0 Å². The molecule has 4 aromatic rings. The number of amides is 1. The molecule has 3 aromatic heterocycles. The first-order valence-corrected chi connectivity index (χ1v) is 11.3. The normalized spacial score (nSPS) is 17.1. The van der Waals surface area contributed by atoms with E-state index < -0.39 is 15.1 Å². The van der Waals surface area contributed by atoms with E-state index in [0.29, 0.717) is 41.0 Å². The van der Waals surface area contributed by atoms with Crippen LogP contribution in [0, 0.1) is 0 Å². The second-order valence-electron chi connectivity index (χ2n) is 7.33. The van der Waals surface area contributed by atoms with E-state index in [0.717, 1.165) is 5.52 Å². The van der Waals surface area contributed by atoms with Crippen LogP contribution in [0.5, 0.6) is 0 Å². The maximum absolute atomic E-state index is 12.9. The zero-order valence-electron chi connectivity index (χ0n) is 16.0. The molecule has 1 unspecified atom stereocenters. The number of fused-ring (bicyclic) bond motifs is 2. The highest BCUT2D eigenvalue weighted by Gasteiger charge is 2.34. The van der Waals surface area contributed by atoms with E-state index in [2.05, 4.69) is 25.7 Å². The molecule has 4 heterocycles. The Labute approximate surface area is 171 Å². The van der Waals surface area contributed by atoms with Gasteiger partial charge in [-0.15, -0.1) is 0 Å². The smallest absolute Gasteiger partial charge is 0.276 e. The molecule has 1 aromatic carbocycles. The number of carbonyl (C=O) groups is 1. The van der Waals surface area contributed by atoms with E-state index in [4.69, 9.17) is 4.52 Å². The van der Waals surface area contributed by atoms with Crippen molar-refractivity contribution in [2.45, 2.75) is 11.7 Å². The van der Waals surface area contributed by atoms with Gasteiger partial charge >= 0.3 is 0 Å². The number of benzene rings is 1. The molecule has 0 aliphatic carbocycles. The number of anilines is 2. The Morgan fingerprint density at radius 2 is 2.20 bits per heavy atom. The van der Waals surface area contributed by atoms with Gasteiger partial charge in [0.05, 0.1) is 16.2 Å². The highest BCUT2D eigenvalue weighted by molar-refractivity contribution is 7.91. The fourth-order valence-corrected chi connectivity index (χ4v) is 4.64. The summed E-state index contributed by atoms with van der Waals surface area (Å²) in [7, 11) is -3.19. The summed E-state index contributed by atoms with van der Waals surface area (Å²) < 4.78 is 28.9. The monoisotopic (exact) mass is 426 g/mol. The van der Waals surface area contributed by atoms with E-state index in [9.17, 15) is 13.2 Å². The lowest BCUT2D eigenvalue weighted by Gasteiger charge is -2.14. The third-order valence-electron chi connectivity index (χ3n) is 5.30. The fourth-order valence-electron chi connectivity index (χ4n) is 3.66. The van der Waals surface area contributed by atoms with Crippen molar-refractivity contribution < 1.29 is 17.7 Å². The largest absolute Gasteiger partial charge is 0.355 e. The van der Waals surface area contributed by atoms with Crippen LogP contribution < -0.4 is 5.32 Å². The number of hydrogen-bond acceptors (Lipinski definition) is 8. The predicted octanol–water partition coefficient (Wildman–Crippen LogP) is 2.10. The Bertz CT molecular complexity index is 1380. The number of carbonyl (C=O) groups excluding carboxylic acids is 1. The molecule has 11 heteroatoms. The molecule has 1 saturated heterocycles. The molecule has 0 radical (unpaired) electrons. The van der Waals surface area contributed by atoms with Crippen LogP contribution in [0.15, 0.2) is 41.1 Å². The summed E-state index contributed by atoms with van der Waals surface area (Å²) in [6.07, 6.45) is 3.32. The molecule has 0 bridgehead atoms. The second kappa shape index (κ2) is 6.80. The van der Waals surface area contributed by atoms with Gasteiger partial charge < -0.3 is 14.7 Å². The van der Waals surface area contributed by atoms with Gasteiger partial charge in [-0.2, -0.15) is 5.10 Å². The van der Waals surface area contributed by atoms with Gasteiger partial charge in [-0.3, -0.25) is 14.9 Å². The van der Waals surface area contributed by atoms with Gasteiger partial charge in [0.2, 0.25) is 0 Å². The highest BCUT2D eigenvalue weighted by Crippen LogP contribution is 2.28. The summed E-state index contributed by atoms with van der Waals surface area (Å²) in [6, 6.07) is 8.97. The van der Waals surface area contributed by atoms with Crippen LogP contribution in [0.1, 0.15) is 16.9 Å². The number of sulfone groups is 1. The van der Waals surface area contributed by atoms with E-state index >= 15 is 0 Å². The van der Waals surface area contributed by atoms with Crippen LogP contribution in [0.25, 0.3) is 22.0 Å². The first kappa shape index (κ1) is 18.6. The molecule has 5 rings (SSSR count). The van der Waals surface area contributed by atoms with Crippen LogP contribution in [0.2, 0.25) is 0 Å². The number of nitrogens with one attached hydrogen (secondary N) is 2. The molecule has 10 nitrogen and oxygen atoms in total. The predicted molar refractivity (Wildman–Crippen MR) is 110 cm³/mol. The van der Waals surface area contributed by atoms with Crippen molar-refractivity contribution in [3.63, 3.8) is 0 Å². The van der Waals surface area contributed by atoms with Crippen molar-refractivity contribution in [3.05, 3.63) is 42.2 Å². The minimum Gasteiger partial charge on any atom is -0.355 e. The average molecular weight is 426 g/mol. The molecule has 1 atom stereocenters. The summed E-state index contributed by atoms with van der Waals surface area (Å²) in [6.45, 7) is 0.550. The maximum Gasteiger partial charge on any atom is 0.276 e. The van der Waals surface area contributed by atoms with Gasteiger partial charge in [0.15, 0.2) is 26.9 Å². The number of likely N-dealkylation sites (tertiary alicyclic amines) is 1. The quantitative estimate of drug-likeness (QED) is 0.507. The Kier molecular flexibility index (Phi) is 4.21. The third-order valence-corrected chi connectivity index (χ3v) is 6.89. The lowest BCUT2D eigenvalue weighted by atomic mass is 10.2. The average Bonchev–Trinajstić information content (AvgIpc) is 3.45. The number of aromatic nitrogens is 4. The van der Waals surface area contributed by atoms with Gasteiger partial charge in [-0.25, -0.2) is 8.42 Å². The molecule has 1 aliphatic rings. The molecule has 2 N–H and O–H groups in total. The number of rotatable bonds is 4. The summed E-state index contributed by atoms with van der Waals surface area (Å²) in [4.78, 5) is 18.7. The molecule has 0 spiro atoms. The number of aromatic amines is 1. The standard InChI is InChI=1S/C19H18N6O4S/c1-30(27,28)12-6-8-25(10-12)19(26)16-13-5-4-11(9-15(13)29-24-16)21-18-17-14(22-23-18)3-2-7-20-17/h2-5,7,9,12H,6,8,10H2,1H3,(H2,21,22,23). The molecule has 1 aliphatic heterocycles. The van der Waals surface area contributed by atoms with E-state index in [1.54, 1.807) is 24.4 Å². The van der Waals surface area contributed by atoms with Crippen molar-refractivity contribution in [1.82, 2.24) is 25.2 Å². The van der Waals surface area contributed by atoms with Gasteiger partial charge in [0.25, 0.3) is 5.91 Å². The lowest BCUT2D eigenvalue weighted by molar-refractivity contribution is 0.0785. The highest BCUT2D eigenvalue weighted by atomic mass is 32.2. The molecule has 154 valence electrons. The van der Waals surface area contributed by atoms with Crippen molar-refractivity contribution in [1.29, 1.82) is 0 Å². The number of nitrogens with zero attached hydrogens (tertiary/aromatic N) is 4. The molecular weight excluding hydrogens is 408 g/mol. The fraction of sp³-hybridized carbons (Fsp3) is 0.263. The Morgan fingerprint density at radius 1 is 1.33 bits per heavy atom. The Morgan fingerprint density at radius 3 is 3.00 bits per heavy atom. The molecular formula is C19H18N6O4S. The van der Waals surface area contributed by atoms with Crippen LogP contribution >= 0.6 is 0 Å². The van der Waals surface area contributed by atoms with Gasteiger partial charge in [-0.1, -0.05) is 5.16 Å². The van der Waals surface area contributed by atoms with Crippen LogP contribution in [-0.4, -0.2) is 64.2 Å². The van der Waals surface area contributed by atoms with Crippen molar-refractivity contribution in [2.24, 2.45) is 0 Å². The number of H-pyrrole nitrogens is 1. The SMILES string of the molecule is CS(=O)(=O)C1CCN(C(=O)c2noc3cc(Nc4n[nH]c5cccnc45)ccc23)C1. The molecule has 0 saturated carbocycles. The molecule has 1 amide bonds. The van der Waals surface area contributed by atoms with E-state index in [1.807, 2.05) is 12.1 Å². The third kappa shape index (κ3) is 3.16. The second-order valence-corrected chi connectivity index (χ2v) is 9.66. The summed E-state index contributed by atoms with van der Waals surface area (Å²) >= 11 is 0. The topological polar surface area (TPSA) is 134 Å². The minimum atomic E-state index is -3.19. The maximum atomic E-state index is 12.9. The lowest BCUT2D eigenvalue weighted by Crippen LogP contribution is -2.31. The van der Waals surface area contributed by atoms with Crippen LogP contribution in [0.4, 0.5) is 11.5 Å². The van der Waals surface area contributed by atoms with Crippen LogP contribution in [-0.2, 0) is 9.84 Å². The van der Waals surface area contributed by atoms with Gasteiger partial charge in [0.1, 0.15) is 5.52 Å². The van der Waals surface area contributed by atoms with E-state index in [1.165, 1.54) is 11.2 Å². The van der Waals surface area contributed by atoms with Gasteiger partial charge in [0, 0.05) is 37.3 Å². The number of hydrogen-bond donors (Lipinski definition) is 2. The van der Waals surface area contributed by atoms with Gasteiger partial charge in [-0.05, 0) is 30.7 Å². The van der Waals surface area contributed by atoms with Crippen molar-refractivity contribution >= 4 is 49.3 Å². The van der Waals surface area contributed by atoms with E-state index in [-0.39, 0.29) is 18.1 Å². The van der Waals surface area contributed by atoms with Crippen molar-refractivity contribution in [3.8, 4) is 0 Å². The molecule has 30 heavy (non-hydrogen) atoms. The first-order chi connectivity index (χ1) is 14.4. The first-order valence-electron chi connectivity index (χ1n) is 9.34. The molecule has 1 fully saturated rings. The Hall–Kier alpha value is -3.47. The summed E-state index contributed by atoms with van der Waals surface area (Å²) in [5.41, 5.74) is 2.84. The Balaban J connectivity index is 1.39. The van der Waals surface area contributed by atoms with Crippen molar-refractivity contribution in [2.75, 3.05) is 24.7 Å². The zero-order chi connectivity index (χ0) is 20.9.